The number of likely N-dealkylation sites (tertiary alicyclic amines) is 2. The molecular weight excluding hydrogens is 983 g/mol. The first kappa shape index (κ1) is 50.9. The quantitative estimate of drug-likeness (QED) is 0.0750. The number of nitrogens with two attached hydrogens (primary N) is 1. The van der Waals surface area contributed by atoms with Gasteiger partial charge in [0.1, 0.15) is 42.0 Å². The molecule has 0 bridgehead atoms. The molecule has 75 heavy (non-hydrogen) atoms. The van der Waals surface area contributed by atoms with Gasteiger partial charge in [-0.2, -0.15) is 27.8 Å². The lowest BCUT2D eigenvalue weighted by atomic mass is 10.00. The van der Waals surface area contributed by atoms with Gasteiger partial charge in [0, 0.05) is 67.5 Å². The number of alkyl halides is 4. The van der Waals surface area contributed by atoms with E-state index in [-0.39, 0.29) is 83.7 Å². The van der Waals surface area contributed by atoms with Crippen LogP contribution in [-0.2, 0) is 32.3 Å². The predicted octanol–water partition coefficient (Wildman–Crippen LogP) is 6.80. The molecule has 6 heterocycles. The lowest BCUT2D eigenvalue weighted by Crippen LogP contribution is -2.44. The number of ketones is 3. The maximum atomic E-state index is 13.4. The van der Waals surface area contributed by atoms with Crippen LogP contribution in [0, 0.1) is 17.8 Å². The molecule has 3 N–H and O–H groups in total. The summed E-state index contributed by atoms with van der Waals surface area (Å²) in [6, 6.07) is 15.8. The molecule has 18 nitrogen and oxygen atoms in total. The van der Waals surface area contributed by atoms with Crippen LogP contribution in [0.3, 0.4) is 0 Å². The van der Waals surface area contributed by atoms with Gasteiger partial charge in [0.05, 0.1) is 29.5 Å². The number of hydrogen-bond donors (Lipinski definition) is 2. The summed E-state index contributed by atoms with van der Waals surface area (Å²) in [5, 5.41) is 19.2. The minimum absolute atomic E-state index is 0.0332. The number of nitrogens with zero attached hydrogens (tertiary/aromatic N) is 8. The summed E-state index contributed by atoms with van der Waals surface area (Å²) < 4.78 is 60.0. The van der Waals surface area contributed by atoms with E-state index in [1.807, 2.05) is 0 Å². The standard InChI is InChI=1S/C27H26F2N4O4.C16H16N4O4.C10H11F2NO/c1-14(34)26-19-6-7-30-12-23(19)32(31-26)13-25(36)33-21-9-17(21)10-22(33)24(35)11-16-8-20(16)15-2-4-18(5-3-15)37-27(28)29;1-8(21)15-10-2-3-17-6-13(10)19(18-15)7-14(22)20-11-4-9(11)5-12(20)16(23)24;11-10(12)14-7-3-1-6(2-4-7)8-5-9(8)13/h2-7,12,16-17,20-22,27H,8-11,13H2,1H3;2-3,6,9,11-12H,4-5,7H2,1H3,(H,23,24);1-4,8-10H,5,13H2/t16?,17-,20?,21-,22+;9-,11-,12+;/m11./s1. The molecule has 6 aliphatic rings. The molecular formula is C53H53F4N9O9. The van der Waals surface area contributed by atoms with E-state index in [9.17, 15) is 51.4 Å². The van der Waals surface area contributed by atoms with Gasteiger partial charge in [0.25, 0.3) is 0 Å². The fraction of sp³-hybridized carbons (Fsp3) is 0.434. The number of pyridine rings is 2. The van der Waals surface area contributed by atoms with Crippen LogP contribution in [0.15, 0.2) is 85.5 Å². The van der Waals surface area contributed by atoms with E-state index in [2.05, 4.69) is 29.6 Å². The van der Waals surface area contributed by atoms with Crippen molar-refractivity contribution in [3.63, 3.8) is 0 Å². The average Bonchev–Trinajstić information content (AvgIpc) is 4.37. The maximum Gasteiger partial charge on any atom is 0.387 e. The second-order valence-electron chi connectivity index (χ2n) is 20.2. The van der Waals surface area contributed by atoms with Crippen LogP contribution >= 0.6 is 0 Å². The van der Waals surface area contributed by atoms with Crippen LogP contribution in [0.4, 0.5) is 17.6 Å². The number of carboxylic acid groups (broad SMARTS) is 1. The largest absolute Gasteiger partial charge is 0.480 e. The second-order valence-corrected chi connectivity index (χ2v) is 20.2. The van der Waals surface area contributed by atoms with Gasteiger partial charge in [0.15, 0.2) is 17.3 Å². The number of rotatable bonds is 16. The molecule has 12 rings (SSSR count). The summed E-state index contributed by atoms with van der Waals surface area (Å²) in [6.07, 6.45) is 11.5. The Kier molecular flexibility index (Phi) is 14.0. The zero-order valence-corrected chi connectivity index (χ0v) is 40.8. The third kappa shape index (κ3) is 11.0. The Labute approximate surface area is 426 Å². The number of halogens is 4. The van der Waals surface area contributed by atoms with Crippen molar-refractivity contribution >= 4 is 56.9 Å². The first-order chi connectivity index (χ1) is 35.9. The molecule has 22 heteroatoms. The Hall–Kier alpha value is -7.62. The SMILES string of the molecule is CC(=O)c1nn(CC(=O)N2[C@@H]3C[C@@H]3C[C@H]2C(=O)CC2CC2c2ccc(OC(F)F)cc2)c2cnccc12.CC(=O)c1nn(CC(=O)N2[C@@H]3C[C@@H]3C[C@H]2C(=O)O)c2cnccc12.NC1CC1c1ccc(OC(F)F)cc1. The summed E-state index contributed by atoms with van der Waals surface area (Å²) >= 11 is 0. The number of carbonyl (C=O) groups excluding carboxylic acids is 5. The van der Waals surface area contributed by atoms with Gasteiger partial charge in [-0.1, -0.05) is 24.3 Å². The van der Waals surface area contributed by atoms with E-state index in [1.165, 1.54) is 40.2 Å². The van der Waals surface area contributed by atoms with Crippen molar-refractivity contribution in [2.45, 2.75) is 127 Å². The number of hydrogen-bond acceptors (Lipinski definition) is 13. The van der Waals surface area contributed by atoms with Crippen molar-refractivity contribution in [3.05, 3.63) is 108 Å². The number of Topliss-reactive ketones (excluding diaryl/α,β-unsaturated/α-hetero) is 3. The Bertz CT molecular complexity index is 3190. The van der Waals surface area contributed by atoms with Crippen molar-refractivity contribution in [1.82, 2.24) is 39.3 Å². The molecule has 10 atom stereocenters. The summed E-state index contributed by atoms with van der Waals surface area (Å²) in [5.41, 5.74) is 9.56. The van der Waals surface area contributed by atoms with Gasteiger partial charge in [0.2, 0.25) is 11.8 Å². The third-order valence-corrected chi connectivity index (χ3v) is 15.1. The number of ether oxygens (including phenoxy) is 2. The molecule has 4 aromatic heterocycles. The molecule has 2 saturated heterocycles. The molecule has 2 aromatic carbocycles. The highest BCUT2D eigenvalue weighted by atomic mass is 19.3. The van der Waals surface area contributed by atoms with E-state index in [4.69, 9.17) is 5.73 Å². The summed E-state index contributed by atoms with van der Waals surface area (Å²) in [6.45, 7) is -2.91. The van der Waals surface area contributed by atoms with Crippen LogP contribution in [0.2, 0.25) is 0 Å². The van der Waals surface area contributed by atoms with Crippen LogP contribution in [0.5, 0.6) is 11.5 Å². The van der Waals surface area contributed by atoms with E-state index in [0.29, 0.717) is 70.2 Å². The highest BCUT2D eigenvalue weighted by Gasteiger charge is 2.57. The lowest BCUT2D eigenvalue weighted by Gasteiger charge is -2.27. The number of amides is 2. The molecule has 2 aliphatic heterocycles. The van der Waals surface area contributed by atoms with Gasteiger partial charge < -0.3 is 30.1 Å². The second kappa shape index (κ2) is 20.6. The number of carbonyl (C=O) groups is 6. The fourth-order valence-electron chi connectivity index (χ4n) is 11.0. The van der Waals surface area contributed by atoms with Gasteiger partial charge in [-0.25, -0.2) is 4.79 Å². The number of carboxylic acids is 1. The summed E-state index contributed by atoms with van der Waals surface area (Å²) in [4.78, 5) is 85.9. The van der Waals surface area contributed by atoms with Gasteiger partial charge in [-0.05, 0) is 110 Å². The third-order valence-electron chi connectivity index (χ3n) is 15.1. The summed E-state index contributed by atoms with van der Waals surface area (Å²) in [5.74, 6) is 0.0333. The summed E-state index contributed by atoms with van der Waals surface area (Å²) in [7, 11) is 0. The van der Waals surface area contributed by atoms with Crippen LogP contribution < -0.4 is 15.2 Å². The number of fused-ring (bicyclic) bond motifs is 4. The Morgan fingerprint density at radius 2 is 1.07 bits per heavy atom. The normalized spacial score (nSPS) is 25.4. The maximum absolute atomic E-state index is 13.4. The average molecular weight is 1040 g/mol. The first-order valence-electron chi connectivity index (χ1n) is 24.8. The minimum atomic E-state index is -2.86. The van der Waals surface area contributed by atoms with Crippen molar-refractivity contribution in [2.24, 2.45) is 23.5 Å². The van der Waals surface area contributed by atoms with Crippen molar-refractivity contribution in [2.75, 3.05) is 0 Å². The first-order valence-corrected chi connectivity index (χ1v) is 24.8. The van der Waals surface area contributed by atoms with Crippen molar-refractivity contribution in [3.8, 4) is 11.5 Å². The van der Waals surface area contributed by atoms with Crippen molar-refractivity contribution < 1.29 is 60.9 Å². The number of benzene rings is 2. The molecule has 392 valence electrons. The zero-order chi connectivity index (χ0) is 53.0. The van der Waals surface area contributed by atoms with Crippen LogP contribution in [-0.4, -0.2) is 123 Å². The molecule has 6 aromatic rings. The molecule has 4 unspecified atom stereocenters. The highest BCUT2D eigenvalue weighted by molar-refractivity contribution is 6.05. The highest BCUT2D eigenvalue weighted by Crippen LogP contribution is 2.53. The van der Waals surface area contributed by atoms with Gasteiger partial charge >= 0.3 is 19.2 Å². The van der Waals surface area contributed by atoms with E-state index in [0.717, 1.165) is 36.8 Å². The zero-order valence-electron chi connectivity index (χ0n) is 40.8. The Morgan fingerprint density at radius 1 is 0.627 bits per heavy atom. The van der Waals surface area contributed by atoms with E-state index >= 15 is 0 Å². The smallest absolute Gasteiger partial charge is 0.387 e. The van der Waals surface area contributed by atoms with Crippen LogP contribution in [0.1, 0.15) is 103 Å². The molecule has 0 radical (unpaired) electrons. The van der Waals surface area contributed by atoms with Gasteiger partial charge in [-0.15, -0.1) is 0 Å². The fourth-order valence-corrected chi connectivity index (χ4v) is 11.0. The Morgan fingerprint density at radius 3 is 1.49 bits per heavy atom. The van der Waals surface area contributed by atoms with E-state index < -0.39 is 31.3 Å². The minimum Gasteiger partial charge on any atom is -0.480 e. The molecule has 4 aliphatic carbocycles. The molecule has 4 saturated carbocycles. The predicted molar refractivity (Wildman–Crippen MR) is 259 cm³/mol. The molecule has 6 fully saturated rings. The van der Waals surface area contributed by atoms with Gasteiger partial charge in [-0.3, -0.25) is 43.3 Å². The topological polar surface area (TPSA) is 235 Å². The number of aliphatic carboxylic acids is 1. The van der Waals surface area contributed by atoms with Crippen molar-refractivity contribution in [1.29, 1.82) is 0 Å². The van der Waals surface area contributed by atoms with E-state index in [1.54, 1.807) is 78.2 Å². The Balaban J connectivity index is 0.000000144. The lowest BCUT2D eigenvalue weighted by molar-refractivity contribution is -0.149. The van der Waals surface area contributed by atoms with Crippen LogP contribution in [0.25, 0.3) is 21.8 Å². The monoisotopic (exact) mass is 1040 g/mol. The number of aromatic nitrogens is 6. The number of piperidine rings is 2. The molecule has 2 amide bonds. The molecule has 0 spiro atoms.